The summed E-state index contributed by atoms with van der Waals surface area (Å²) in [6.45, 7) is 11.7. The number of hydrogen-bond donors (Lipinski definition) is 1. The van der Waals surface area contributed by atoms with Crippen molar-refractivity contribution >= 4 is 0 Å². The number of aliphatic hydroxyl groups is 1. The molecule has 0 radical (unpaired) electrons. The predicted molar refractivity (Wildman–Crippen MR) is 74.1 cm³/mol. The van der Waals surface area contributed by atoms with Crippen LogP contribution < -0.4 is 0 Å². The minimum absolute atomic E-state index is 0.396. The van der Waals surface area contributed by atoms with Crippen molar-refractivity contribution in [2.45, 2.75) is 38.2 Å². The van der Waals surface area contributed by atoms with Gasteiger partial charge in [0.15, 0.2) is 0 Å². The zero-order chi connectivity index (χ0) is 12.9. The van der Waals surface area contributed by atoms with E-state index in [0.717, 1.165) is 5.56 Å². The van der Waals surface area contributed by atoms with Gasteiger partial charge in [-0.1, -0.05) is 50.3 Å². The Morgan fingerprint density at radius 3 is 2.18 bits per heavy atom. The van der Waals surface area contributed by atoms with E-state index in [2.05, 4.69) is 33.1 Å². The third kappa shape index (κ3) is 3.07. The van der Waals surface area contributed by atoms with Gasteiger partial charge in [-0.3, -0.25) is 0 Å². The maximum atomic E-state index is 10.8. The minimum Gasteiger partial charge on any atom is -0.385 e. The summed E-state index contributed by atoms with van der Waals surface area (Å²) in [6.07, 6.45) is 4.62. The smallest absolute Gasteiger partial charge is 0.0967 e. The van der Waals surface area contributed by atoms with Crippen molar-refractivity contribution in [2.75, 3.05) is 0 Å². The lowest BCUT2D eigenvalue weighted by Crippen LogP contribution is -2.26. The van der Waals surface area contributed by atoms with Crippen molar-refractivity contribution in [1.29, 1.82) is 0 Å². The quantitative estimate of drug-likeness (QED) is 0.728. The first-order valence-corrected chi connectivity index (χ1v) is 6.08. The third-order valence-corrected chi connectivity index (χ3v) is 3.05. The Balaban J connectivity index is 3.26. The van der Waals surface area contributed by atoms with E-state index in [1.807, 2.05) is 18.2 Å². The second-order valence-corrected chi connectivity index (χ2v) is 4.76. The molecule has 0 aliphatic rings. The first-order valence-electron chi connectivity index (χ1n) is 6.08. The van der Waals surface area contributed by atoms with Crippen LogP contribution in [0.4, 0.5) is 0 Å². The normalized spacial score (nSPS) is 11.5. The summed E-state index contributed by atoms with van der Waals surface area (Å²) in [5.41, 5.74) is 1.32. The van der Waals surface area contributed by atoms with E-state index in [-0.39, 0.29) is 0 Å². The Hall–Kier alpha value is -1.34. The van der Waals surface area contributed by atoms with Crippen LogP contribution in [0.3, 0.4) is 0 Å². The second kappa shape index (κ2) is 5.83. The first-order chi connectivity index (χ1) is 8.05. The SMILES string of the molecule is C=CCC(O)(CC=C)c1ccccc1C(C)C. The van der Waals surface area contributed by atoms with Crippen molar-refractivity contribution in [3.05, 3.63) is 60.7 Å². The fourth-order valence-corrected chi connectivity index (χ4v) is 2.21. The van der Waals surface area contributed by atoms with Crippen LogP contribution in [-0.2, 0) is 5.60 Å². The van der Waals surface area contributed by atoms with Gasteiger partial charge in [-0.25, -0.2) is 0 Å². The fourth-order valence-electron chi connectivity index (χ4n) is 2.21. The molecule has 1 heteroatoms. The highest BCUT2D eigenvalue weighted by Gasteiger charge is 2.29. The molecule has 17 heavy (non-hydrogen) atoms. The van der Waals surface area contributed by atoms with Crippen LogP contribution in [0.25, 0.3) is 0 Å². The van der Waals surface area contributed by atoms with Crippen LogP contribution in [0, 0.1) is 0 Å². The molecule has 0 saturated carbocycles. The van der Waals surface area contributed by atoms with E-state index < -0.39 is 5.60 Å². The van der Waals surface area contributed by atoms with Crippen LogP contribution in [0.2, 0.25) is 0 Å². The molecule has 0 aliphatic heterocycles. The fraction of sp³-hybridized carbons (Fsp3) is 0.375. The summed E-state index contributed by atoms with van der Waals surface area (Å²) in [6, 6.07) is 8.07. The van der Waals surface area contributed by atoms with Crippen LogP contribution >= 0.6 is 0 Å². The second-order valence-electron chi connectivity index (χ2n) is 4.76. The lowest BCUT2D eigenvalue weighted by atomic mass is 9.81. The van der Waals surface area contributed by atoms with E-state index >= 15 is 0 Å². The largest absolute Gasteiger partial charge is 0.385 e. The summed E-state index contributed by atoms with van der Waals surface area (Å²) in [5.74, 6) is 0.396. The lowest BCUT2D eigenvalue weighted by molar-refractivity contribution is 0.0418. The molecule has 0 aromatic heterocycles. The first kappa shape index (κ1) is 13.7. The van der Waals surface area contributed by atoms with Gasteiger partial charge in [0.1, 0.15) is 0 Å². The molecule has 0 heterocycles. The molecule has 1 aromatic rings. The molecule has 1 N–H and O–H groups in total. The Kier molecular flexibility index (Phi) is 4.71. The molecule has 1 rings (SSSR count). The van der Waals surface area contributed by atoms with Gasteiger partial charge in [-0.2, -0.15) is 0 Å². The maximum absolute atomic E-state index is 10.8. The average Bonchev–Trinajstić information content (AvgIpc) is 2.29. The summed E-state index contributed by atoms with van der Waals surface area (Å²) in [5, 5.41) is 10.8. The van der Waals surface area contributed by atoms with Crippen molar-refractivity contribution in [3.8, 4) is 0 Å². The molecule has 0 spiro atoms. The van der Waals surface area contributed by atoms with Gasteiger partial charge in [0.25, 0.3) is 0 Å². The highest BCUT2D eigenvalue weighted by molar-refractivity contribution is 5.35. The van der Waals surface area contributed by atoms with Gasteiger partial charge in [0.2, 0.25) is 0 Å². The zero-order valence-electron chi connectivity index (χ0n) is 10.8. The predicted octanol–water partition coefficient (Wildman–Crippen LogP) is 4.15. The Bertz CT molecular complexity index is 380. The van der Waals surface area contributed by atoms with E-state index in [1.54, 1.807) is 12.2 Å². The number of hydrogen-bond acceptors (Lipinski definition) is 1. The molecule has 1 nitrogen and oxygen atoms in total. The molecule has 92 valence electrons. The Morgan fingerprint density at radius 1 is 1.18 bits per heavy atom. The van der Waals surface area contributed by atoms with E-state index in [4.69, 9.17) is 0 Å². The number of rotatable bonds is 6. The standard InChI is InChI=1S/C16H22O/c1-5-11-16(17,12-6-2)15-10-8-7-9-14(15)13(3)4/h5-10,13,17H,1-2,11-12H2,3-4H3. The van der Waals surface area contributed by atoms with Crippen LogP contribution in [-0.4, -0.2) is 5.11 Å². The van der Waals surface area contributed by atoms with E-state index in [0.29, 0.717) is 18.8 Å². The molecule has 0 aliphatic carbocycles. The molecule has 0 atom stereocenters. The van der Waals surface area contributed by atoms with Gasteiger partial charge in [-0.05, 0) is 29.9 Å². The van der Waals surface area contributed by atoms with Crippen molar-refractivity contribution in [2.24, 2.45) is 0 Å². The highest BCUT2D eigenvalue weighted by atomic mass is 16.3. The Morgan fingerprint density at radius 2 is 1.71 bits per heavy atom. The summed E-state index contributed by atoms with van der Waals surface area (Å²) in [4.78, 5) is 0. The molecule has 1 aromatic carbocycles. The lowest BCUT2D eigenvalue weighted by Gasteiger charge is -2.29. The van der Waals surface area contributed by atoms with Crippen molar-refractivity contribution in [3.63, 3.8) is 0 Å². The van der Waals surface area contributed by atoms with Crippen LogP contribution in [0.5, 0.6) is 0 Å². The summed E-state index contributed by atoms with van der Waals surface area (Å²) >= 11 is 0. The maximum Gasteiger partial charge on any atom is 0.0967 e. The topological polar surface area (TPSA) is 20.2 Å². The van der Waals surface area contributed by atoms with Gasteiger partial charge in [0.05, 0.1) is 5.60 Å². The van der Waals surface area contributed by atoms with Crippen LogP contribution in [0.15, 0.2) is 49.6 Å². The van der Waals surface area contributed by atoms with E-state index in [1.165, 1.54) is 5.56 Å². The van der Waals surface area contributed by atoms with Crippen molar-refractivity contribution in [1.82, 2.24) is 0 Å². The monoisotopic (exact) mass is 230 g/mol. The zero-order valence-corrected chi connectivity index (χ0v) is 10.8. The van der Waals surface area contributed by atoms with Gasteiger partial charge < -0.3 is 5.11 Å². The minimum atomic E-state index is -0.871. The molecule has 0 amide bonds. The van der Waals surface area contributed by atoms with Crippen molar-refractivity contribution < 1.29 is 5.11 Å². The number of benzene rings is 1. The van der Waals surface area contributed by atoms with Crippen LogP contribution in [0.1, 0.15) is 43.7 Å². The Labute approximate surface area is 104 Å². The molecule has 0 saturated heterocycles. The molecule has 0 bridgehead atoms. The summed E-state index contributed by atoms with van der Waals surface area (Å²) in [7, 11) is 0. The molecular weight excluding hydrogens is 208 g/mol. The molecule has 0 fully saturated rings. The van der Waals surface area contributed by atoms with Gasteiger partial charge in [0, 0.05) is 0 Å². The highest BCUT2D eigenvalue weighted by Crippen LogP contribution is 2.34. The molecular formula is C16H22O. The average molecular weight is 230 g/mol. The van der Waals surface area contributed by atoms with E-state index in [9.17, 15) is 5.11 Å². The summed E-state index contributed by atoms with van der Waals surface area (Å²) < 4.78 is 0. The molecule has 0 unspecified atom stereocenters. The van der Waals surface area contributed by atoms with Gasteiger partial charge >= 0.3 is 0 Å². The third-order valence-electron chi connectivity index (χ3n) is 3.05. The van der Waals surface area contributed by atoms with Gasteiger partial charge in [-0.15, -0.1) is 13.2 Å².